The standard InChI is InChI=1S/C10H21INO2.BrH/c1-12(2,8-9-13)7-3-4-10(14)5-6-11;/h13H,3-9H2,1-2H3;1H/q+1;/p-1. The van der Waals surface area contributed by atoms with Crippen molar-refractivity contribution in [2.75, 3.05) is 38.2 Å². The van der Waals surface area contributed by atoms with Crippen molar-refractivity contribution in [1.82, 2.24) is 0 Å². The van der Waals surface area contributed by atoms with E-state index in [-0.39, 0.29) is 23.6 Å². The second-order valence-corrected chi connectivity index (χ2v) is 5.27. The molecule has 0 unspecified atom stereocenters. The third-order valence-electron chi connectivity index (χ3n) is 2.30. The molecular formula is C10H21BrINO2. The van der Waals surface area contributed by atoms with E-state index >= 15 is 0 Å². The Kier molecular flexibility index (Phi) is 12.1. The van der Waals surface area contributed by atoms with Gasteiger partial charge in [-0.05, 0) is 0 Å². The summed E-state index contributed by atoms with van der Waals surface area (Å²) in [4.78, 5) is 11.2. The van der Waals surface area contributed by atoms with Gasteiger partial charge in [0.05, 0.1) is 27.2 Å². The van der Waals surface area contributed by atoms with Gasteiger partial charge in [0.2, 0.25) is 0 Å². The summed E-state index contributed by atoms with van der Waals surface area (Å²) in [6.07, 6.45) is 2.33. The first kappa shape index (κ1) is 18.2. The summed E-state index contributed by atoms with van der Waals surface area (Å²) in [7, 11) is 4.16. The van der Waals surface area contributed by atoms with Gasteiger partial charge in [-0.3, -0.25) is 4.79 Å². The largest absolute Gasteiger partial charge is 1.00 e. The lowest BCUT2D eigenvalue weighted by Crippen LogP contribution is -3.00. The quantitative estimate of drug-likeness (QED) is 0.301. The molecule has 0 aromatic heterocycles. The normalized spacial score (nSPS) is 10.9. The van der Waals surface area contributed by atoms with E-state index in [1.54, 1.807) is 0 Å². The fraction of sp³-hybridized carbons (Fsp3) is 0.900. The lowest BCUT2D eigenvalue weighted by Gasteiger charge is -2.28. The second kappa shape index (κ2) is 9.99. The Bertz CT molecular complexity index is 177. The minimum atomic E-state index is 0. The molecule has 1 N–H and O–H groups in total. The fourth-order valence-electron chi connectivity index (χ4n) is 1.32. The average Bonchev–Trinajstić information content (AvgIpc) is 2.03. The number of carbonyl (C=O) groups excluding carboxylic acids is 1. The Hall–Kier alpha value is 0.800. The second-order valence-electron chi connectivity index (χ2n) is 4.19. The number of hydrogen-bond acceptors (Lipinski definition) is 2. The number of carbonyl (C=O) groups is 1. The molecule has 0 aliphatic rings. The summed E-state index contributed by atoms with van der Waals surface area (Å²) in [6.45, 7) is 1.95. The van der Waals surface area contributed by atoms with Gasteiger partial charge in [-0.25, -0.2) is 0 Å². The Morgan fingerprint density at radius 1 is 1.27 bits per heavy atom. The third kappa shape index (κ3) is 11.1. The predicted molar refractivity (Wildman–Crippen MR) is 66.7 cm³/mol. The first-order valence-corrected chi connectivity index (χ1v) is 6.55. The van der Waals surface area contributed by atoms with Gasteiger partial charge < -0.3 is 26.6 Å². The smallest absolute Gasteiger partial charge is 0.133 e. The summed E-state index contributed by atoms with van der Waals surface area (Å²) in [5.74, 6) is 0.364. The minimum absolute atomic E-state index is 0. The number of Topliss-reactive ketones (excluding diaryl/α,β-unsaturated/α-hetero) is 1. The van der Waals surface area contributed by atoms with Gasteiger partial charge in [-0.15, -0.1) is 0 Å². The van der Waals surface area contributed by atoms with E-state index in [9.17, 15) is 4.79 Å². The van der Waals surface area contributed by atoms with Crippen LogP contribution in [0.25, 0.3) is 0 Å². The number of likely N-dealkylation sites (N-methyl/N-ethyl adjacent to an activating group) is 1. The fourth-order valence-corrected chi connectivity index (χ4v) is 1.92. The van der Waals surface area contributed by atoms with Crippen molar-refractivity contribution < 1.29 is 31.4 Å². The predicted octanol–water partition coefficient (Wildman–Crippen LogP) is -1.77. The van der Waals surface area contributed by atoms with E-state index in [0.717, 1.165) is 28.4 Å². The molecule has 0 spiro atoms. The van der Waals surface area contributed by atoms with Gasteiger partial charge in [0.1, 0.15) is 12.3 Å². The van der Waals surface area contributed by atoms with Crippen molar-refractivity contribution >= 4 is 28.4 Å². The van der Waals surface area contributed by atoms with E-state index in [4.69, 9.17) is 5.11 Å². The minimum Gasteiger partial charge on any atom is -1.00 e. The topological polar surface area (TPSA) is 37.3 Å². The number of aliphatic hydroxyl groups excluding tert-OH is 1. The number of ketones is 1. The van der Waals surface area contributed by atoms with Gasteiger partial charge in [0.15, 0.2) is 0 Å². The molecule has 0 saturated heterocycles. The molecule has 0 aliphatic heterocycles. The van der Waals surface area contributed by atoms with Crippen molar-refractivity contribution in [1.29, 1.82) is 0 Å². The monoisotopic (exact) mass is 393 g/mol. The molecule has 15 heavy (non-hydrogen) atoms. The molecule has 0 radical (unpaired) electrons. The molecule has 0 amide bonds. The Balaban J connectivity index is 0. The molecule has 92 valence electrons. The van der Waals surface area contributed by atoms with Crippen LogP contribution in [0.1, 0.15) is 19.3 Å². The molecule has 0 rings (SSSR count). The Labute approximate surface area is 117 Å². The van der Waals surface area contributed by atoms with Gasteiger partial charge in [0, 0.05) is 23.7 Å². The first-order chi connectivity index (χ1) is 6.52. The summed E-state index contributed by atoms with van der Waals surface area (Å²) in [5.41, 5.74) is 0. The zero-order valence-electron chi connectivity index (χ0n) is 9.51. The zero-order valence-corrected chi connectivity index (χ0v) is 13.3. The third-order valence-corrected chi connectivity index (χ3v) is 2.84. The van der Waals surface area contributed by atoms with Gasteiger partial charge in [-0.2, -0.15) is 0 Å². The highest BCUT2D eigenvalue weighted by molar-refractivity contribution is 14.1. The lowest BCUT2D eigenvalue weighted by molar-refractivity contribution is -0.890. The highest BCUT2D eigenvalue weighted by atomic mass is 127. The van der Waals surface area contributed by atoms with E-state index in [2.05, 4.69) is 36.7 Å². The highest BCUT2D eigenvalue weighted by Crippen LogP contribution is 2.03. The van der Waals surface area contributed by atoms with E-state index in [0.29, 0.717) is 18.6 Å². The molecule has 0 bridgehead atoms. The zero-order chi connectivity index (χ0) is 11.0. The van der Waals surface area contributed by atoms with Crippen LogP contribution in [0.4, 0.5) is 0 Å². The van der Waals surface area contributed by atoms with E-state index in [1.165, 1.54) is 0 Å². The van der Waals surface area contributed by atoms with Crippen molar-refractivity contribution in [3.05, 3.63) is 0 Å². The number of halogens is 2. The Morgan fingerprint density at radius 2 is 1.87 bits per heavy atom. The molecule has 0 heterocycles. The van der Waals surface area contributed by atoms with Crippen LogP contribution in [0.5, 0.6) is 0 Å². The lowest BCUT2D eigenvalue weighted by atomic mass is 10.1. The molecular weight excluding hydrogens is 373 g/mol. The van der Waals surface area contributed by atoms with Crippen molar-refractivity contribution in [2.24, 2.45) is 0 Å². The summed E-state index contributed by atoms with van der Waals surface area (Å²) < 4.78 is 1.72. The average molecular weight is 394 g/mol. The van der Waals surface area contributed by atoms with Gasteiger partial charge in [-0.1, -0.05) is 22.6 Å². The molecule has 0 fully saturated rings. The van der Waals surface area contributed by atoms with Gasteiger partial charge in [0.25, 0.3) is 0 Å². The van der Waals surface area contributed by atoms with E-state index in [1.807, 2.05) is 0 Å². The van der Waals surface area contributed by atoms with Crippen molar-refractivity contribution in [3.63, 3.8) is 0 Å². The molecule has 0 aromatic rings. The molecule has 0 aliphatic carbocycles. The summed E-state index contributed by atoms with van der Waals surface area (Å²) >= 11 is 2.23. The first-order valence-electron chi connectivity index (χ1n) is 5.02. The number of nitrogens with zero attached hydrogens (tertiary/aromatic N) is 1. The Morgan fingerprint density at radius 3 is 2.33 bits per heavy atom. The number of rotatable bonds is 8. The van der Waals surface area contributed by atoms with Crippen LogP contribution in [0.3, 0.4) is 0 Å². The SMILES string of the molecule is C[N+](C)(CCO)CCCC(=O)CCI.[Br-]. The number of quaternary nitrogens is 1. The van der Waals surface area contributed by atoms with Crippen LogP contribution in [0.2, 0.25) is 0 Å². The molecule has 0 aromatic carbocycles. The summed E-state index contributed by atoms with van der Waals surface area (Å²) in [5, 5.41) is 8.81. The van der Waals surface area contributed by atoms with Crippen LogP contribution in [0, 0.1) is 0 Å². The van der Waals surface area contributed by atoms with Crippen LogP contribution >= 0.6 is 22.6 Å². The maximum atomic E-state index is 11.2. The molecule has 5 heteroatoms. The maximum Gasteiger partial charge on any atom is 0.133 e. The molecule has 0 saturated carbocycles. The van der Waals surface area contributed by atoms with E-state index < -0.39 is 0 Å². The van der Waals surface area contributed by atoms with Crippen LogP contribution < -0.4 is 17.0 Å². The van der Waals surface area contributed by atoms with Crippen LogP contribution in [-0.4, -0.2) is 53.6 Å². The van der Waals surface area contributed by atoms with Crippen LogP contribution in [-0.2, 0) is 4.79 Å². The number of aliphatic hydroxyl groups is 1. The maximum absolute atomic E-state index is 11.2. The molecule has 0 atom stereocenters. The number of hydrogen-bond donors (Lipinski definition) is 1. The summed E-state index contributed by atoms with van der Waals surface area (Å²) in [6, 6.07) is 0. The van der Waals surface area contributed by atoms with Crippen molar-refractivity contribution in [3.8, 4) is 0 Å². The highest BCUT2D eigenvalue weighted by Gasteiger charge is 2.14. The molecule has 3 nitrogen and oxygen atoms in total. The van der Waals surface area contributed by atoms with Crippen LogP contribution in [0.15, 0.2) is 0 Å². The van der Waals surface area contributed by atoms with Gasteiger partial charge >= 0.3 is 0 Å². The number of alkyl halides is 1. The van der Waals surface area contributed by atoms with Crippen molar-refractivity contribution in [2.45, 2.75) is 19.3 Å².